The van der Waals surface area contributed by atoms with Crippen molar-refractivity contribution in [3.05, 3.63) is 77.4 Å². The molecular formula is C21H20ClN3O5S2. The molecule has 0 aliphatic heterocycles. The Morgan fingerprint density at radius 3 is 2.00 bits per heavy atom. The van der Waals surface area contributed by atoms with Crippen molar-refractivity contribution in [3.63, 3.8) is 0 Å². The summed E-state index contributed by atoms with van der Waals surface area (Å²) in [7, 11) is -4.51. The summed E-state index contributed by atoms with van der Waals surface area (Å²) in [5.74, 6) is -0.481. The van der Waals surface area contributed by atoms with Gasteiger partial charge in [-0.25, -0.2) is 13.4 Å². The molecule has 1 aromatic heterocycles. The molecule has 0 fully saturated rings. The second-order valence-corrected chi connectivity index (χ2v) is 11.3. The Labute approximate surface area is 192 Å². The maximum absolute atomic E-state index is 13.0. The van der Waals surface area contributed by atoms with Crippen molar-refractivity contribution in [1.29, 1.82) is 0 Å². The van der Waals surface area contributed by atoms with E-state index >= 15 is 0 Å². The topological polar surface area (TPSA) is 105 Å². The van der Waals surface area contributed by atoms with Crippen LogP contribution in [-0.2, 0) is 19.9 Å². The first-order chi connectivity index (χ1) is 14.9. The van der Waals surface area contributed by atoms with Crippen LogP contribution in [0.25, 0.3) is 0 Å². The summed E-state index contributed by atoms with van der Waals surface area (Å²) in [5, 5.41) is 0.180. The van der Waals surface area contributed by atoms with Crippen LogP contribution in [0.5, 0.6) is 0 Å². The standard InChI is InChI=1S/C21H20ClN3O5S2/c1-24(17-8-10-19(11-9-17)31(3,27)28)21(26)15-12-13-23-20(14-15)32(29,30)25(2)18-6-4-16(22)5-7-18/h4-14H,1-3H3. The lowest BCUT2D eigenvalue weighted by atomic mass is 10.2. The van der Waals surface area contributed by atoms with Crippen LogP contribution >= 0.6 is 11.6 Å². The Morgan fingerprint density at radius 2 is 1.44 bits per heavy atom. The zero-order chi connectivity index (χ0) is 23.7. The minimum absolute atomic E-state index is 0.109. The van der Waals surface area contributed by atoms with Crippen molar-refractivity contribution in [3.8, 4) is 0 Å². The minimum atomic E-state index is -4.03. The number of aromatic nitrogens is 1. The van der Waals surface area contributed by atoms with Crippen LogP contribution in [0.15, 0.2) is 76.8 Å². The summed E-state index contributed by atoms with van der Waals surface area (Å²) < 4.78 is 50.3. The average molecular weight is 494 g/mol. The van der Waals surface area contributed by atoms with Crippen LogP contribution in [0.4, 0.5) is 11.4 Å². The molecule has 168 valence electrons. The molecule has 0 spiro atoms. The second kappa shape index (κ2) is 8.89. The fourth-order valence-electron chi connectivity index (χ4n) is 2.84. The van der Waals surface area contributed by atoms with E-state index in [0.717, 1.165) is 10.6 Å². The summed E-state index contributed by atoms with van der Waals surface area (Å²) in [6, 6.07) is 14.7. The van der Waals surface area contributed by atoms with Crippen LogP contribution < -0.4 is 9.21 Å². The molecule has 3 aromatic rings. The lowest BCUT2D eigenvalue weighted by Crippen LogP contribution is -2.29. The van der Waals surface area contributed by atoms with Gasteiger partial charge in [0.1, 0.15) is 0 Å². The lowest BCUT2D eigenvalue weighted by Gasteiger charge is -2.20. The van der Waals surface area contributed by atoms with Crippen molar-refractivity contribution in [2.75, 3.05) is 29.6 Å². The Balaban J connectivity index is 1.89. The van der Waals surface area contributed by atoms with Gasteiger partial charge in [0, 0.05) is 42.8 Å². The van der Waals surface area contributed by atoms with Crippen LogP contribution in [-0.4, -0.2) is 48.1 Å². The lowest BCUT2D eigenvalue weighted by molar-refractivity contribution is 0.0992. The Bertz CT molecular complexity index is 1360. The predicted octanol–water partition coefficient (Wildman–Crippen LogP) is 3.24. The van der Waals surface area contributed by atoms with Crippen LogP contribution in [0.2, 0.25) is 5.02 Å². The SMILES string of the molecule is CN(C(=O)c1ccnc(S(=O)(=O)N(C)c2ccc(Cl)cc2)c1)c1ccc(S(C)(=O)=O)cc1. The van der Waals surface area contributed by atoms with Gasteiger partial charge >= 0.3 is 0 Å². The van der Waals surface area contributed by atoms with Gasteiger partial charge in [-0.1, -0.05) is 11.6 Å². The van der Waals surface area contributed by atoms with Gasteiger partial charge < -0.3 is 4.90 Å². The van der Waals surface area contributed by atoms with Gasteiger partial charge in [0.25, 0.3) is 15.9 Å². The number of hydrogen-bond donors (Lipinski definition) is 0. The molecule has 8 nitrogen and oxygen atoms in total. The highest BCUT2D eigenvalue weighted by molar-refractivity contribution is 7.92. The number of halogens is 1. The third kappa shape index (κ3) is 4.93. The van der Waals surface area contributed by atoms with Gasteiger partial charge in [-0.05, 0) is 60.7 Å². The van der Waals surface area contributed by atoms with Crippen LogP contribution in [0, 0.1) is 0 Å². The third-order valence-electron chi connectivity index (χ3n) is 4.75. The summed E-state index contributed by atoms with van der Waals surface area (Å²) in [6.45, 7) is 0. The monoisotopic (exact) mass is 493 g/mol. The molecule has 1 heterocycles. The van der Waals surface area contributed by atoms with E-state index in [0.29, 0.717) is 16.4 Å². The summed E-state index contributed by atoms with van der Waals surface area (Å²) in [5.41, 5.74) is 0.940. The molecular weight excluding hydrogens is 474 g/mol. The van der Waals surface area contributed by atoms with E-state index in [2.05, 4.69) is 4.98 Å². The number of amides is 1. The van der Waals surface area contributed by atoms with E-state index < -0.39 is 25.8 Å². The number of anilines is 2. The molecule has 1 amide bonds. The number of pyridine rings is 1. The Hall–Kier alpha value is -2.95. The van der Waals surface area contributed by atoms with E-state index in [9.17, 15) is 21.6 Å². The van der Waals surface area contributed by atoms with Crippen molar-refractivity contribution in [1.82, 2.24) is 4.98 Å². The number of hydrogen-bond acceptors (Lipinski definition) is 6. The molecule has 0 radical (unpaired) electrons. The van der Waals surface area contributed by atoms with Crippen molar-refractivity contribution < 1.29 is 21.6 Å². The molecule has 3 rings (SSSR count). The number of benzene rings is 2. The largest absolute Gasteiger partial charge is 0.311 e. The van der Waals surface area contributed by atoms with E-state index in [-0.39, 0.29) is 15.5 Å². The third-order valence-corrected chi connectivity index (χ3v) is 7.82. The van der Waals surface area contributed by atoms with E-state index in [1.54, 1.807) is 24.3 Å². The first-order valence-corrected chi connectivity index (χ1v) is 12.9. The van der Waals surface area contributed by atoms with Crippen molar-refractivity contribution in [2.24, 2.45) is 0 Å². The Kier molecular flexibility index (Phi) is 6.59. The zero-order valence-electron chi connectivity index (χ0n) is 17.4. The summed E-state index contributed by atoms with van der Waals surface area (Å²) in [4.78, 5) is 18.3. The molecule has 0 aliphatic carbocycles. The van der Waals surface area contributed by atoms with E-state index in [1.807, 2.05) is 0 Å². The smallest absolute Gasteiger partial charge is 0.281 e. The molecule has 0 bridgehead atoms. The first-order valence-electron chi connectivity index (χ1n) is 9.20. The maximum atomic E-state index is 13.0. The van der Waals surface area contributed by atoms with Gasteiger partial charge in [-0.3, -0.25) is 9.10 Å². The molecule has 11 heteroatoms. The normalized spacial score (nSPS) is 11.8. The first kappa shape index (κ1) is 23.7. The van der Waals surface area contributed by atoms with Gasteiger partial charge in [-0.15, -0.1) is 0 Å². The van der Waals surface area contributed by atoms with Crippen molar-refractivity contribution >= 4 is 48.7 Å². The zero-order valence-corrected chi connectivity index (χ0v) is 19.8. The van der Waals surface area contributed by atoms with Crippen LogP contribution in [0.1, 0.15) is 10.4 Å². The summed E-state index contributed by atoms with van der Waals surface area (Å²) >= 11 is 5.86. The molecule has 2 aromatic carbocycles. The molecule has 0 atom stereocenters. The summed E-state index contributed by atoms with van der Waals surface area (Å²) in [6.07, 6.45) is 2.34. The second-order valence-electron chi connectivity index (χ2n) is 6.96. The number of nitrogens with zero attached hydrogens (tertiary/aromatic N) is 3. The number of rotatable bonds is 6. The molecule has 0 saturated heterocycles. The highest BCUT2D eigenvalue weighted by Gasteiger charge is 2.25. The minimum Gasteiger partial charge on any atom is -0.311 e. The number of sulfone groups is 1. The molecule has 0 N–H and O–H groups in total. The molecule has 0 saturated carbocycles. The van der Waals surface area contributed by atoms with E-state index in [1.165, 1.54) is 61.6 Å². The quantitative estimate of drug-likeness (QED) is 0.522. The number of carbonyl (C=O) groups is 1. The van der Waals surface area contributed by atoms with Crippen LogP contribution in [0.3, 0.4) is 0 Å². The average Bonchev–Trinajstić information content (AvgIpc) is 2.77. The van der Waals surface area contributed by atoms with E-state index in [4.69, 9.17) is 11.6 Å². The molecule has 32 heavy (non-hydrogen) atoms. The maximum Gasteiger partial charge on any atom is 0.281 e. The number of carbonyl (C=O) groups excluding carboxylic acids is 1. The number of sulfonamides is 1. The van der Waals surface area contributed by atoms with Gasteiger partial charge in [0.05, 0.1) is 10.6 Å². The Morgan fingerprint density at radius 1 is 0.875 bits per heavy atom. The van der Waals surface area contributed by atoms with Gasteiger partial charge in [0.2, 0.25) is 0 Å². The fourth-order valence-corrected chi connectivity index (χ4v) is 4.75. The highest BCUT2D eigenvalue weighted by Crippen LogP contribution is 2.24. The molecule has 0 unspecified atom stereocenters. The van der Waals surface area contributed by atoms with Gasteiger partial charge in [0.15, 0.2) is 14.9 Å². The highest BCUT2D eigenvalue weighted by atomic mass is 35.5. The van der Waals surface area contributed by atoms with Gasteiger partial charge in [-0.2, -0.15) is 8.42 Å². The molecule has 0 aliphatic rings. The predicted molar refractivity (Wildman–Crippen MR) is 124 cm³/mol. The fraction of sp³-hybridized carbons (Fsp3) is 0.143. The van der Waals surface area contributed by atoms with Crippen molar-refractivity contribution in [2.45, 2.75) is 9.92 Å².